The first kappa shape index (κ1) is 13.4. The highest BCUT2D eigenvalue weighted by Crippen LogP contribution is 2.16. The molecule has 1 heterocycles. The summed E-state index contributed by atoms with van der Waals surface area (Å²) in [5.41, 5.74) is 6.73. The molecule has 0 aliphatic rings. The maximum atomic E-state index is 6.08. The van der Waals surface area contributed by atoms with Crippen LogP contribution >= 0.6 is 11.6 Å². The van der Waals surface area contributed by atoms with Crippen LogP contribution in [0.1, 0.15) is 19.4 Å². The SMILES string of the molecule is CC(C)CN(CCN)Cc1ccncc1Cl. The van der Waals surface area contributed by atoms with E-state index in [1.807, 2.05) is 6.07 Å². The van der Waals surface area contributed by atoms with Gasteiger partial charge in [0.25, 0.3) is 0 Å². The molecule has 0 aliphatic heterocycles. The van der Waals surface area contributed by atoms with Crippen LogP contribution in [0, 0.1) is 5.92 Å². The highest BCUT2D eigenvalue weighted by Gasteiger charge is 2.09. The summed E-state index contributed by atoms with van der Waals surface area (Å²) >= 11 is 6.08. The molecule has 0 unspecified atom stereocenters. The highest BCUT2D eigenvalue weighted by molar-refractivity contribution is 6.31. The highest BCUT2D eigenvalue weighted by atomic mass is 35.5. The zero-order valence-corrected chi connectivity index (χ0v) is 10.7. The molecule has 2 N–H and O–H groups in total. The second-order valence-corrected chi connectivity index (χ2v) is 4.79. The summed E-state index contributed by atoms with van der Waals surface area (Å²) in [6, 6.07) is 1.96. The van der Waals surface area contributed by atoms with E-state index in [2.05, 4.69) is 23.7 Å². The minimum Gasteiger partial charge on any atom is -0.329 e. The fraction of sp³-hybridized carbons (Fsp3) is 0.583. The second kappa shape index (κ2) is 6.84. The number of pyridine rings is 1. The summed E-state index contributed by atoms with van der Waals surface area (Å²) in [4.78, 5) is 6.31. The average molecular weight is 242 g/mol. The monoisotopic (exact) mass is 241 g/mol. The summed E-state index contributed by atoms with van der Waals surface area (Å²) in [5.74, 6) is 0.632. The minimum absolute atomic E-state index is 0.632. The Morgan fingerprint density at radius 1 is 1.50 bits per heavy atom. The summed E-state index contributed by atoms with van der Waals surface area (Å²) < 4.78 is 0. The normalized spacial score (nSPS) is 11.4. The lowest BCUT2D eigenvalue weighted by molar-refractivity contribution is 0.242. The van der Waals surface area contributed by atoms with Crippen molar-refractivity contribution in [2.24, 2.45) is 11.7 Å². The molecule has 0 amide bonds. The van der Waals surface area contributed by atoms with Crippen LogP contribution in [0.2, 0.25) is 5.02 Å². The van der Waals surface area contributed by atoms with E-state index in [1.165, 1.54) is 0 Å². The molecule has 0 radical (unpaired) electrons. The summed E-state index contributed by atoms with van der Waals surface area (Å²) in [5, 5.41) is 0.730. The number of hydrogen-bond acceptors (Lipinski definition) is 3. The van der Waals surface area contributed by atoms with Gasteiger partial charge in [-0.25, -0.2) is 0 Å². The van der Waals surface area contributed by atoms with Crippen LogP contribution in [0.5, 0.6) is 0 Å². The lowest BCUT2D eigenvalue weighted by Gasteiger charge is -2.23. The van der Waals surface area contributed by atoms with Gasteiger partial charge in [-0.05, 0) is 17.5 Å². The number of aromatic nitrogens is 1. The maximum Gasteiger partial charge on any atom is 0.0634 e. The van der Waals surface area contributed by atoms with Gasteiger partial charge < -0.3 is 5.73 Å². The van der Waals surface area contributed by atoms with Crippen molar-refractivity contribution in [2.45, 2.75) is 20.4 Å². The predicted octanol–water partition coefficient (Wildman–Crippen LogP) is 2.15. The summed E-state index contributed by atoms with van der Waals surface area (Å²) in [6.45, 7) is 7.87. The van der Waals surface area contributed by atoms with E-state index in [0.29, 0.717) is 12.5 Å². The van der Waals surface area contributed by atoms with Crippen LogP contribution in [0.4, 0.5) is 0 Å². The van der Waals surface area contributed by atoms with E-state index in [0.717, 1.165) is 30.2 Å². The smallest absolute Gasteiger partial charge is 0.0634 e. The number of nitrogens with zero attached hydrogens (tertiary/aromatic N) is 2. The Balaban J connectivity index is 2.64. The third-order valence-electron chi connectivity index (χ3n) is 2.32. The van der Waals surface area contributed by atoms with Crippen molar-refractivity contribution in [3.05, 3.63) is 29.0 Å². The number of rotatable bonds is 6. The van der Waals surface area contributed by atoms with Crippen LogP contribution in [0.25, 0.3) is 0 Å². The van der Waals surface area contributed by atoms with Gasteiger partial charge in [-0.3, -0.25) is 9.88 Å². The number of nitrogens with two attached hydrogens (primary N) is 1. The van der Waals surface area contributed by atoms with E-state index in [9.17, 15) is 0 Å². The molecule has 0 aromatic carbocycles. The molecular formula is C12H20ClN3. The van der Waals surface area contributed by atoms with Gasteiger partial charge in [0.05, 0.1) is 5.02 Å². The molecule has 4 heteroatoms. The summed E-state index contributed by atoms with van der Waals surface area (Å²) in [6.07, 6.45) is 3.46. The molecule has 3 nitrogen and oxygen atoms in total. The fourth-order valence-electron chi connectivity index (χ4n) is 1.71. The third-order valence-corrected chi connectivity index (χ3v) is 2.66. The number of halogens is 1. The molecule has 1 aromatic rings. The molecule has 0 atom stereocenters. The molecule has 0 fully saturated rings. The van der Waals surface area contributed by atoms with Crippen molar-refractivity contribution >= 4 is 11.6 Å². The van der Waals surface area contributed by atoms with Crippen LogP contribution in [0.3, 0.4) is 0 Å². The van der Waals surface area contributed by atoms with Crippen molar-refractivity contribution in [1.29, 1.82) is 0 Å². The Kier molecular flexibility index (Phi) is 5.74. The summed E-state index contributed by atoms with van der Waals surface area (Å²) in [7, 11) is 0. The van der Waals surface area contributed by atoms with Crippen LogP contribution in [-0.2, 0) is 6.54 Å². The second-order valence-electron chi connectivity index (χ2n) is 4.38. The van der Waals surface area contributed by atoms with Gasteiger partial charge in [0.15, 0.2) is 0 Å². The van der Waals surface area contributed by atoms with Gasteiger partial charge in [0, 0.05) is 38.6 Å². The molecule has 0 saturated carbocycles. The Labute approximate surface area is 103 Å². The predicted molar refractivity (Wildman–Crippen MR) is 68.4 cm³/mol. The fourth-order valence-corrected chi connectivity index (χ4v) is 1.89. The Bertz CT molecular complexity index is 315. The molecule has 90 valence electrons. The van der Waals surface area contributed by atoms with Crippen molar-refractivity contribution in [1.82, 2.24) is 9.88 Å². The quantitative estimate of drug-likeness (QED) is 0.830. The maximum absolute atomic E-state index is 6.08. The zero-order valence-electron chi connectivity index (χ0n) is 9.99. The van der Waals surface area contributed by atoms with Gasteiger partial charge in [-0.1, -0.05) is 25.4 Å². The Morgan fingerprint density at radius 2 is 2.25 bits per heavy atom. The lowest BCUT2D eigenvalue weighted by atomic mass is 10.2. The number of hydrogen-bond donors (Lipinski definition) is 1. The van der Waals surface area contributed by atoms with Crippen molar-refractivity contribution < 1.29 is 0 Å². The van der Waals surface area contributed by atoms with Gasteiger partial charge in [0.2, 0.25) is 0 Å². The van der Waals surface area contributed by atoms with Gasteiger partial charge in [-0.2, -0.15) is 0 Å². The van der Waals surface area contributed by atoms with E-state index in [-0.39, 0.29) is 0 Å². The van der Waals surface area contributed by atoms with Crippen LogP contribution in [-0.4, -0.2) is 29.5 Å². The standard InChI is InChI=1S/C12H20ClN3/c1-10(2)8-16(6-4-14)9-11-3-5-15-7-12(11)13/h3,5,7,10H,4,6,8-9,14H2,1-2H3. The van der Waals surface area contributed by atoms with Gasteiger partial charge in [-0.15, -0.1) is 0 Å². The first-order valence-corrected chi connectivity index (χ1v) is 6.02. The van der Waals surface area contributed by atoms with Gasteiger partial charge >= 0.3 is 0 Å². The largest absolute Gasteiger partial charge is 0.329 e. The van der Waals surface area contributed by atoms with E-state index in [1.54, 1.807) is 12.4 Å². The third kappa shape index (κ3) is 4.47. The van der Waals surface area contributed by atoms with Crippen LogP contribution < -0.4 is 5.73 Å². The molecule has 0 bridgehead atoms. The topological polar surface area (TPSA) is 42.1 Å². The van der Waals surface area contributed by atoms with E-state index < -0.39 is 0 Å². The van der Waals surface area contributed by atoms with Gasteiger partial charge in [0.1, 0.15) is 0 Å². The van der Waals surface area contributed by atoms with Crippen molar-refractivity contribution in [3.8, 4) is 0 Å². The zero-order chi connectivity index (χ0) is 12.0. The molecule has 1 aromatic heterocycles. The molecule has 0 saturated heterocycles. The Hall–Kier alpha value is -0.640. The first-order valence-electron chi connectivity index (χ1n) is 5.64. The molecule has 16 heavy (non-hydrogen) atoms. The molecular weight excluding hydrogens is 222 g/mol. The molecule has 0 spiro atoms. The average Bonchev–Trinajstić information content (AvgIpc) is 2.21. The minimum atomic E-state index is 0.632. The van der Waals surface area contributed by atoms with Crippen molar-refractivity contribution in [3.63, 3.8) is 0 Å². The Morgan fingerprint density at radius 3 is 2.81 bits per heavy atom. The van der Waals surface area contributed by atoms with E-state index in [4.69, 9.17) is 17.3 Å². The van der Waals surface area contributed by atoms with Crippen molar-refractivity contribution in [2.75, 3.05) is 19.6 Å². The molecule has 0 aliphatic carbocycles. The van der Waals surface area contributed by atoms with Crippen LogP contribution in [0.15, 0.2) is 18.5 Å². The van der Waals surface area contributed by atoms with E-state index >= 15 is 0 Å². The lowest BCUT2D eigenvalue weighted by Crippen LogP contribution is -2.32. The first-order chi connectivity index (χ1) is 7.63. The molecule has 1 rings (SSSR count).